The van der Waals surface area contributed by atoms with Gasteiger partial charge in [0.1, 0.15) is 5.75 Å². The van der Waals surface area contributed by atoms with Crippen LogP contribution in [0.3, 0.4) is 0 Å². The molecule has 1 aromatic carbocycles. The number of anilines is 1. The van der Waals surface area contributed by atoms with Gasteiger partial charge in [-0.1, -0.05) is 37.6 Å². The predicted octanol–water partition coefficient (Wildman–Crippen LogP) is 4.94. The Kier molecular flexibility index (Phi) is 8.47. The van der Waals surface area contributed by atoms with E-state index in [0.717, 1.165) is 68.7 Å². The van der Waals surface area contributed by atoms with E-state index in [-0.39, 0.29) is 17.9 Å². The fraction of sp³-hybridized carbons (Fsp3) is 0.594. The van der Waals surface area contributed by atoms with Gasteiger partial charge in [-0.15, -0.1) is 0 Å². The number of piperazine rings is 1. The molecule has 0 aromatic heterocycles. The Morgan fingerprint density at radius 2 is 1.76 bits per heavy atom. The van der Waals surface area contributed by atoms with Crippen LogP contribution in [0, 0.1) is 11.8 Å². The average molecular weight is 519 g/mol. The van der Waals surface area contributed by atoms with Crippen LogP contribution in [0.2, 0.25) is 0 Å². The Morgan fingerprint density at radius 3 is 2.50 bits per heavy atom. The second-order valence-electron chi connectivity index (χ2n) is 11.6. The van der Waals surface area contributed by atoms with Crippen molar-refractivity contribution < 1.29 is 9.53 Å². The zero-order valence-corrected chi connectivity index (χ0v) is 23.8. The molecule has 3 aliphatic heterocycles. The summed E-state index contributed by atoms with van der Waals surface area (Å²) in [7, 11) is 2.10. The lowest BCUT2D eigenvalue weighted by atomic mass is 9.89. The third kappa shape index (κ3) is 5.66. The molecule has 2 fully saturated rings. The number of rotatable bonds is 8. The van der Waals surface area contributed by atoms with E-state index in [4.69, 9.17) is 4.74 Å². The van der Waals surface area contributed by atoms with E-state index >= 15 is 0 Å². The molecule has 4 unspecified atom stereocenters. The molecule has 6 heteroatoms. The number of carbonyl (C=O) groups excluding carboxylic acids is 1. The number of allylic oxidation sites excluding steroid dienone is 3. The third-order valence-corrected chi connectivity index (χ3v) is 9.35. The van der Waals surface area contributed by atoms with Gasteiger partial charge in [0.05, 0.1) is 12.6 Å². The Morgan fingerprint density at radius 1 is 1.03 bits per heavy atom. The molecule has 3 heterocycles. The number of hydrogen-bond acceptors (Lipinski definition) is 5. The number of nitrogens with zero attached hydrogens (tertiary/aromatic N) is 4. The summed E-state index contributed by atoms with van der Waals surface area (Å²) in [6.07, 6.45) is 13.6. The van der Waals surface area contributed by atoms with Gasteiger partial charge in [0, 0.05) is 75.2 Å². The first-order valence-corrected chi connectivity index (χ1v) is 14.8. The first kappa shape index (κ1) is 26.9. The van der Waals surface area contributed by atoms with Crippen molar-refractivity contribution in [3.05, 3.63) is 59.8 Å². The van der Waals surface area contributed by atoms with Crippen LogP contribution in [0.5, 0.6) is 5.75 Å². The monoisotopic (exact) mass is 518 g/mol. The predicted molar refractivity (Wildman–Crippen MR) is 155 cm³/mol. The SMILES string of the molecule is CCC1CCC(C)N(CCCOc2ccc(N3CCN(C(=O)C4=C(C)N(C)C5C=CC=CC45)CC3)cc2)C1. The van der Waals surface area contributed by atoms with Gasteiger partial charge in [0.25, 0.3) is 5.91 Å². The molecule has 0 radical (unpaired) electrons. The highest BCUT2D eigenvalue weighted by molar-refractivity contribution is 5.96. The molecule has 1 aliphatic carbocycles. The van der Waals surface area contributed by atoms with Crippen LogP contribution in [-0.4, -0.2) is 85.6 Å². The van der Waals surface area contributed by atoms with Crippen LogP contribution < -0.4 is 9.64 Å². The molecule has 0 N–H and O–H groups in total. The van der Waals surface area contributed by atoms with Crippen LogP contribution in [0.25, 0.3) is 0 Å². The second-order valence-corrected chi connectivity index (χ2v) is 11.6. The molecule has 4 atom stereocenters. The average Bonchev–Trinajstić information content (AvgIpc) is 3.21. The number of piperidine rings is 1. The third-order valence-electron chi connectivity index (χ3n) is 9.35. The van der Waals surface area contributed by atoms with Crippen LogP contribution in [0.15, 0.2) is 59.8 Å². The van der Waals surface area contributed by atoms with Crippen molar-refractivity contribution in [2.24, 2.45) is 11.8 Å². The number of fused-ring (bicyclic) bond motifs is 1. The van der Waals surface area contributed by atoms with Gasteiger partial charge in [0.2, 0.25) is 0 Å². The van der Waals surface area contributed by atoms with Crippen molar-refractivity contribution in [2.75, 3.05) is 57.8 Å². The number of carbonyl (C=O) groups is 1. The molecule has 5 rings (SSSR count). The number of likely N-dealkylation sites (N-methyl/N-ethyl adjacent to an activating group) is 1. The molecule has 0 bridgehead atoms. The Bertz CT molecular complexity index is 1050. The van der Waals surface area contributed by atoms with E-state index in [1.165, 1.54) is 31.5 Å². The van der Waals surface area contributed by atoms with Gasteiger partial charge >= 0.3 is 0 Å². The van der Waals surface area contributed by atoms with Crippen LogP contribution in [-0.2, 0) is 4.79 Å². The highest BCUT2D eigenvalue weighted by Crippen LogP contribution is 2.37. The quantitative estimate of drug-likeness (QED) is 0.456. The van der Waals surface area contributed by atoms with Crippen molar-refractivity contribution in [3.63, 3.8) is 0 Å². The number of amides is 1. The number of ether oxygens (including phenoxy) is 1. The Hall–Kier alpha value is -2.73. The Balaban J connectivity index is 1.07. The minimum Gasteiger partial charge on any atom is -0.494 e. The summed E-state index contributed by atoms with van der Waals surface area (Å²) in [6.45, 7) is 13.1. The molecular formula is C32H46N4O2. The molecule has 2 saturated heterocycles. The zero-order chi connectivity index (χ0) is 26.6. The molecule has 0 saturated carbocycles. The summed E-state index contributed by atoms with van der Waals surface area (Å²) in [5.74, 6) is 2.18. The maximum absolute atomic E-state index is 13.5. The smallest absolute Gasteiger partial charge is 0.252 e. The van der Waals surface area contributed by atoms with Crippen LogP contribution in [0.1, 0.15) is 46.5 Å². The Labute approximate surface area is 229 Å². The molecule has 4 aliphatic rings. The van der Waals surface area contributed by atoms with Crippen LogP contribution >= 0.6 is 0 Å². The lowest BCUT2D eigenvalue weighted by Gasteiger charge is -2.37. The summed E-state index contributed by atoms with van der Waals surface area (Å²) in [5, 5.41) is 0. The van der Waals surface area contributed by atoms with Gasteiger partial charge in [-0.25, -0.2) is 0 Å². The summed E-state index contributed by atoms with van der Waals surface area (Å²) < 4.78 is 6.08. The zero-order valence-electron chi connectivity index (χ0n) is 23.8. The highest BCUT2D eigenvalue weighted by Gasteiger charge is 2.40. The molecule has 38 heavy (non-hydrogen) atoms. The van der Waals surface area contributed by atoms with Gasteiger partial charge in [-0.3, -0.25) is 4.79 Å². The van der Waals surface area contributed by atoms with Crippen molar-refractivity contribution in [3.8, 4) is 5.75 Å². The standard InChI is InChI=1S/C32H46N4O2/c1-5-26-12-11-24(2)36(23-26)17-8-22-38-28-15-13-27(14-16-28)34-18-20-35(21-19-34)32(37)31-25(3)33(4)30-10-7-6-9-29(30)31/h6-7,9-10,13-16,24,26,29-30H,5,8,11-12,17-23H2,1-4H3. The normalized spacial score (nSPS) is 27.7. The van der Waals surface area contributed by atoms with E-state index < -0.39 is 0 Å². The summed E-state index contributed by atoms with van der Waals surface area (Å²) in [6, 6.07) is 9.47. The second kappa shape index (κ2) is 12.0. The van der Waals surface area contributed by atoms with Crippen molar-refractivity contribution in [1.82, 2.24) is 14.7 Å². The summed E-state index contributed by atoms with van der Waals surface area (Å²) in [4.78, 5) is 22.8. The van der Waals surface area contributed by atoms with E-state index in [1.54, 1.807) is 0 Å². The van der Waals surface area contributed by atoms with E-state index in [1.807, 2.05) is 4.90 Å². The van der Waals surface area contributed by atoms with E-state index in [2.05, 4.69) is 91.1 Å². The summed E-state index contributed by atoms with van der Waals surface area (Å²) in [5.41, 5.74) is 3.27. The molecule has 0 spiro atoms. The highest BCUT2D eigenvalue weighted by atomic mass is 16.5. The molecule has 1 amide bonds. The lowest BCUT2D eigenvalue weighted by Crippen LogP contribution is -2.49. The van der Waals surface area contributed by atoms with Gasteiger partial charge in [0.15, 0.2) is 0 Å². The maximum atomic E-state index is 13.5. The fourth-order valence-corrected chi connectivity index (χ4v) is 6.64. The van der Waals surface area contributed by atoms with Gasteiger partial charge in [-0.2, -0.15) is 0 Å². The number of hydrogen-bond donors (Lipinski definition) is 0. The lowest BCUT2D eigenvalue weighted by molar-refractivity contribution is -0.127. The first-order chi connectivity index (χ1) is 18.5. The van der Waals surface area contributed by atoms with Crippen molar-refractivity contribution in [2.45, 2.75) is 58.5 Å². The largest absolute Gasteiger partial charge is 0.494 e. The topological polar surface area (TPSA) is 39.3 Å². The first-order valence-electron chi connectivity index (χ1n) is 14.8. The number of likely N-dealkylation sites (tertiary alicyclic amines) is 1. The molecular weight excluding hydrogens is 472 g/mol. The van der Waals surface area contributed by atoms with Gasteiger partial charge in [-0.05, 0) is 63.3 Å². The summed E-state index contributed by atoms with van der Waals surface area (Å²) >= 11 is 0. The number of benzene rings is 1. The maximum Gasteiger partial charge on any atom is 0.252 e. The molecule has 206 valence electrons. The minimum absolute atomic E-state index is 0.166. The van der Waals surface area contributed by atoms with Crippen molar-refractivity contribution in [1.29, 1.82) is 0 Å². The molecule has 6 nitrogen and oxygen atoms in total. The van der Waals surface area contributed by atoms with Crippen LogP contribution in [0.4, 0.5) is 5.69 Å². The fourth-order valence-electron chi connectivity index (χ4n) is 6.64. The van der Waals surface area contributed by atoms with E-state index in [0.29, 0.717) is 6.04 Å². The van der Waals surface area contributed by atoms with Crippen molar-refractivity contribution >= 4 is 11.6 Å². The minimum atomic E-state index is 0.166. The van der Waals surface area contributed by atoms with Gasteiger partial charge < -0.3 is 24.3 Å². The molecule has 1 aromatic rings. The van der Waals surface area contributed by atoms with E-state index in [9.17, 15) is 4.79 Å².